The average Bonchev–Trinajstić information content (AvgIpc) is 3.37. The lowest BCUT2D eigenvalue weighted by molar-refractivity contribution is -0.298. The SMILES string of the molecule is CC/C=C\C/C=C\C/C=C\C/C=C\CCCCCCCCCCCCC(=O)OCC(COC1OC(C(=O)O)C(O)C(O)C1O)OC(=O)CCCCCCCCCCCCCCCCCCCCCCCCC. The van der Waals surface area contributed by atoms with Gasteiger partial charge in [-0.15, -0.1) is 0 Å². The third-order valence-corrected chi connectivity index (χ3v) is 13.7. The van der Waals surface area contributed by atoms with E-state index in [1.807, 2.05) is 0 Å². The minimum Gasteiger partial charge on any atom is -0.479 e. The predicted octanol–water partition coefficient (Wildman–Crippen LogP) is 15.2. The molecule has 0 aromatic carbocycles. The number of aliphatic hydroxyl groups excluding tert-OH is 3. The van der Waals surface area contributed by atoms with Crippen molar-refractivity contribution in [2.45, 2.75) is 307 Å². The van der Waals surface area contributed by atoms with Crippen molar-refractivity contribution in [2.75, 3.05) is 13.2 Å². The second-order valence-corrected chi connectivity index (χ2v) is 20.5. The van der Waals surface area contributed by atoms with E-state index in [0.29, 0.717) is 12.8 Å². The van der Waals surface area contributed by atoms with Crippen molar-refractivity contribution in [1.29, 1.82) is 0 Å². The first-order valence-corrected chi connectivity index (χ1v) is 29.7. The van der Waals surface area contributed by atoms with Gasteiger partial charge in [0, 0.05) is 12.8 Å². The molecule has 6 unspecified atom stereocenters. The number of carbonyl (C=O) groups is 3. The summed E-state index contributed by atoms with van der Waals surface area (Å²) in [6.45, 7) is 3.75. The van der Waals surface area contributed by atoms with Crippen molar-refractivity contribution >= 4 is 17.9 Å². The van der Waals surface area contributed by atoms with Crippen LogP contribution in [0.5, 0.6) is 0 Å². The Kier molecular flexibility index (Phi) is 47.0. The van der Waals surface area contributed by atoms with Gasteiger partial charge in [-0.25, -0.2) is 4.79 Å². The summed E-state index contributed by atoms with van der Waals surface area (Å²) in [5.74, 6) is -2.43. The van der Waals surface area contributed by atoms with E-state index in [1.54, 1.807) is 0 Å². The number of hydrogen-bond donors (Lipinski definition) is 4. The molecule has 1 fully saturated rings. The molecule has 11 nitrogen and oxygen atoms in total. The van der Waals surface area contributed by atoms with Crippen LogP contribution >= 0.6 is 0 Å². The Hall–Kier alpha value is -2.83. The van der Waals surface area contributed by atoms with E-state index in [1.165, 1.54) is 161 Å². The fraction of sp³-hybridized carbons (Fsp3) is 0.820. The summed E-state index contributed by atoms with van der Waals surface area (Å²) in [6.07, 6.45) is 54.5. The van der Waals surface area contributed by atoms with Gasteiger partial charge in [-0.3, -0.25) is 9.59 Å². The highest BCUT2D eigenvalue weighted by atomic mass is 16.7. The van der Waals surface area contributed by atoms with Gasteiger partial charge in [-0.2, -0.15) is 0 Å². The molecule has 11 heteroatoms. The number of allylic oxidation sites excluding steroid dienone is 8. The smallest absolute Gasteiger partial charge is 0.335 e. The summed E-state index contributed by atoms with van der Waals surface area (Å²) in [6, 6.07) is 0. The first-order valence-electron chi connectivity index (χ1n) is 29.7. The van der Waals surface area contributed by atoms with Crippen molar-refractivity contribution in [2.24, 2.45) is 0 Å². The minimum absolute atomic E-state index is 0.185. The van der Waals surface area contributed by atoms with E-state index in [0.717, 1.165) is 70.6 Å². The maximum Gasteiger partial charge on any atom is 0.335 e. The van der Waals surface area contributed by atoms with Crippen molar-refractivity contribution in [3.05, 3.63) is 48.6 Å². The Labute approximate surface area is 439 Å². The first-order chi connectivity index (χ1) is 35.2. The summed E-state index contributed by atoms with van der Waals surface area (Å²) in [7, 11) is 0. The monoisotopic (exact) mass is 1020 g/mol. The Morgan fingerprint density at radius 1 is 0.444 bits per heavy atom. The van der Waals surface area contributed by atoms with Crippen LogP contribution in [0.15, 0.2) is 48.6 Å². The van der Waals surface area contributed by atoms with Crippen LogP contribution in [0.4, 0.5) is 0 Å². The van der Waals surface area contributed by atoms with Crippen LogP contribution < -0.4 is 0 Å². The molecule has 0 saturated carbocycles. The standard InChI is InChI=1S/C61H108O11/c1-3-5-7-9-11-13-15-17-19-21-23-25-27-29-31-33-35-37-39-41-43-45-47-49-54(62)69-51-53(52-70-61-58(66)56(64)57(65)59(72-61)60(67)68)71-55(63)50-48-46-44-42-40-38-36-34-32-30-28-26-24-22-20-18-16-14-12-10-8-6-4-2/h5,7,11,13,17,19,23,25,53,56-59,61,64-66H,3-4,6,8-10,12,14-16,18,20-22,24,26-52H2,1-2H3,(H,67,68)/b7-5-,13-11-,19-17-,25-23-. The number of unbranched alkanes of at least 4 members (excludes halogenated alkanes) is 32. The largest absolute Gasteiger partial charge is 0.479 e. The molecule has 0 amide bonds. The lowest BCUT2D eigenvalue weighted by Crippen LogP contribution is -2.60. The minimum atomic E-state index is -1.86. The number of rotatable bonds is 51. The summed E-state index contributed by atoms with van der Waals surface area (Å²) in [5.41, 5.74) is 0. The molecule has 1 rings (SSSR count). The van der Waals surface area contributed by atoms with Crippen LogP contribution in [0, 0.1) is 0 Å². The van der Waals surface area contributed by atoms with E-state index in [2.05, 4.69) is 62.5 Å². The third-order valence-electron chi connectivity index (χ3n) is 13.7. The Morgan fingerprint density at radius 2 is 0.819 bits per heavy atom. The van der Waals surface area contributed by atoms with Crippen LogP contribution in [0.3, 0.4) is 0 Å². The quantitative estimate of drug-likeness (QED) is 0.0260. The number of carboxylic acids is 1. The summed E-state index contributed by atoms with van der Waals surface area (Å²) in [4.78, 5) is 37.2. The van der Waals surface area contributed by atoms with E-state index in [9.17, 15) is 34.8 Å². The van der Waals surface area contributed by atoms with Gasteiger partial charge in [0.25, 0.3) is 0 Å². The van der Waals surface area contributed by atoms with Crippen molar-refractivity contribution in [3.63, 3.8) is 0 Å². The normalized spacial score (nSPS) is 18.8. The van der Waals surface area contributed by atoms with Crippen LogP contribution in [0.1, 0.15) is 271 Å². The number of esters is 2. The van der Waals surface area contributed by atoms with E-state index in [-0.39, 0.29) is 26.1 Å². The fourth-order valence-corrected chi connectivity index (χ4v) is 9.11. The molecule has 0 bridgehead atoms. The Balaban J connectivity index is 2.22. The zero-order valence-corrected chi connectivity index (χ0v) is 45.9. The number of carboxylic acid groups (broad SMARTS) is 1. The zero-order valence-electron chi connectivity index (χ0n) is 45.9. The number of aliphatic hydroxyl groups is 3. The van der Waals surface area contributed by atoms with Gasteiger partial charge < -0.3 is 39.4 Å². The van der Waals surface area contributed by atoms with Gasteiger partial charge in [0.05, 0.1) is 6.61 Å². The van der Waals surface area contributed by atoms with Gasteiger partial charge >= 0.3 is 17.9 Å². The van der Waals surface area contributed by atoms with Gasteiger partial charge in [0.2, 0.25) is 0 Å². The third kappa shape index (κ3) is 40.5. The predicted molar refractivity (Wildman–Crippen MR) is 294 cm³/mol. The summed E-state index contributed by atoms with van der Waals surface area (Å²) in [5, 5.41) is 40.1. The lowest BCUT2D eigenvalue weighted by atomic mass is 9.99. The van der Waals surface area contributed by atoms with E-state index >= 15 is 0 Å². The number of ether oxygens (including phenoxy) is 4. The molecule has 6 atom stereocenters. The van der Waals surface area contributed by atoms with E-state index < -0.39 is 54.7 Å². The van der Waals surface area contributed by atoms with Gasteiger partial charge in [-0.1, -0.05) is 255 Å². The van der Waals surface area contributed by atoms with Crippen LogP contribution in [-0.2, 0) is 33.3 Å². The topological polar surface area (TPSA) is 169 Å². The van der Waals surface area contributed by atoms with Gasteiger partial charge in [0.15, 0.2) is 18.5 Å². The highest BCUT2D eigenvalue weighted by molar-refractivity contribution is 5.73. The molecule has 1 heterocycles. The Bertz CT molecular complexity index is 1380. The van der Waals surface area contributed by atoms with Crippen molar-refractivity contribution in [1.82, 2.24) is 0 Å². The molecule has 418 valence electrons. The van der Waals surface area contributed by atoms with Crippen molar-refractivity contribution < 1.29 is 53.8 Å². The first kappa shape index (κ1) is 67.2. The zero-order chi connectivity index (χ0) is 52.4. The van der Waals surface area contributed by atoms with Crippen LogP contribution in [0.25, 0.3) is 0 Å². The molecule has 0 aromatic rings. The fourth-order valence-electron chi connectivity index (χ4n) is 9.11. The van der Waals surface area contributed by atoms with Crippen LogP contribution in [-0.4, -0.2) is 88.4 Å². The Morgan fingerprint density at radius 3 is 1.24 bits per heavy atom. The second-order valence-electron chi connectivity index (χ2n) is 20.5. The molecule has 0 aromatic heterocycles. The maximum absolute atomic E-state index is 12.9. The summed E-state index contributed by atoms with van der Waals surface area (Å²) < 4.78 is 21.9. The molecule has 0 aliphatic carbocycles. The van der Waals surface area contributed by atoms with Crippen molar-refractivity contribution in [3.8, 4) is 0 Å². The average molecular weight is 1020 g/mol. The van der Waals surface area contributed by atoms with Crippen LogP contribution in [0.2, 0.25) is 0 Å². The molecule has 72 heavy (non-hydrogen) atoms. The maximum atomic E-state index is 12.9. The molecular formula is C61H108O11. The molecule has 4 N–H and O–H groups in total. The highest BCUT2D eigenvalue weighted by Gasteiger charge is 2.47. The van der Waals surface area contributed by atoms with E-state index in [4.69, 9.17) is 18.9 Å². The number of carbonyl (C=O) groups excluding carboxylic acids is 2. The number of hydrogen-bond acceptors (Lipinski definition) is 10. The molecule has 1 aliphatic heterocycles. The summed E-state index contributed by atoms with van der Waals surface area (Å²) >= 11 is 0. The molecule has 0 radical (unpaired) electrons. The lowest BCUT2D eigenvalue weighted by Gasteiger charge is -2.38. The molecule has 1 saturated heterocycles. The van der Waals surface area contributed by atoms with Gasteiger partial charge in [0.1, 0.15) is 24.9 Å². The number of aliphatic carboxylic acids is 1. The molecule has 0 spiro atoms. The molecular weight excluding hydrogens is 909 g/mol. The second kappa shape index (κ2) is 50.3. The van der Waals surface area contributed by atoms with Gasteiger partial charge in [-0.05, 0) is 51.4 Å². The molecule has 1 aliphatic rings. The highest BCUT2D eigenvalue weighted by Crippen LogP contribution is 2.23.